The van der Waals surface area contributed by atoms with Gasteiger partial charge in [0.25, 0.3) is 0 Å². The van der Waals surface area contributed by atoms with Gasteiger partial charge in [-0.3, -0.25) is 4.90 Å². The van der Waals surface area contributed by atoms with Crippen LogP contribution >= 0.6 is 0 Å². The smallest absolute Gasteiger partial charge is 0.384 e. The third kappa shape index (κ3) is 3.72. The fourth-order valence-electron chi connectivity index (χ4n) is 5.24. The number of aromatic nitrogens is 3. The Labute approximate surface area is 197 Å². The Morgan fingerprint density at radius 2 is 1.76 bits per heavy atom. The number of pyridine rings is 1. The average Bonchev–Trinajstić information content (AvgIpc) is 3.30. The molecule has 0 unspecified atom stereocenters. The molecule has 0 spiro atoms. The number of rotatable bonds is 4. The van der Waals surface area contributed by atoms with Crippen molar-refractivity contribution in [2.45, 2.75) is 32.2 Å². The molecule has 172 valence electrons. The molecule has 0 bridgehead atoms. The van der Waals surface area contributed by atoms with Crippen LogP contribution in [0.1, 0.15) is 30.4 Å². The van der Waals surface area contributed by atoms with Crippen molar-refractivity contribution in [2.75, 3.05) is 24.5 Å². The number of likely N-dealkylation sites (tertiary alicyclic amines) is 1. The van der Waals surface area contributed by atoms with Crippen molar-refractivity contribution in [2.24, 2.45) is 0 Å². The molecule has 0 aliphatic carbocycles. The van der Waals surface area contributed by atoms with E-state index in [9.17, 15) is 10.0 Å². The SMILES string of the molecule is O=c1nc(N2CCc3ccc(-c4cccc(CN5CCCCC5)c4)cc32)c2cccnc2n1O. The first kappa shape index (κ1) is 20.9. The van der Waals surface area contributed by atoms with Gasteiger partial charge in [-0.1, -0.05) is 36.8 Å². The Morgan fingerprint density at radius 1 is 0.912 bits per heavy atom. The van der Waals surface area contributed by atoms with Gasteiger partial charge >= 0.3 is 5.69 Å². The molecule has 0 atom stereocenters. The summed E-state index contributed by atoms with van der Waals surface area (Å²) in [5.74, 6) is 0.535. The third-order valence-electron chi connectivity index (χ3n) is 6.96. The molecule has 4 aromatic rings. The van der Waals surface area contributed by atoms with Crippen molar-refractivity contribution in [3.8, 4) is 11.1 Å². The van der Waals surface area contributed by atoms with E-state index in [1.165, 1.54) is 49.0 Å². The van der Waals surface area contributed by atoms with E-state index in [4.69, 9.17) is 0 Å². The minimum atomic E-state index is -0.726. The number of benzene rings is 2. The molecular weight excluding hydrogens is 426 g/mol. The molecule has 2 aliphatic rings. The van der Waals surface area contributed by atoms with Gasteiger partial charge in [0.2, 0.25) is 0 Å². The maximum atomic E-state index is 12.3. The zero-order valence-corrected chi connectivity index (χ0v) is 19.0. The van der Waals surface area contributed by atoms with E-state index < -0.39 is 5.69 Å². The van der Waals surface area contributed by atoms with Gasteiger partial charge in [-0.05, 0) is 78.9 Å². The fourth-order valence-corrected chi connectivity index (χ4v) is 5.24. The summed E-state index contributed by atoms with van der Waals surface area (Å²) in [7, 11) is 0. The summed E-state index contributed by atoms with van der Waals surface area (Å²) in [6, 6.07) is 19.0. The van der Waals surface area contributed by atoms with E-state index in [1.54, 1.807) is 12.3 Å². The van der Waals surface area contributed by atoms with Gasteiger partial charge in [-0.25, -0.2) is 9.78 Å². The molecule has 0 radical (unpaired) electrons. The van der Waals surface area contributed by atoms with Crippen LogP contribution < -0.4 is 10.6 Å². The van der Waals surface area contributed by atoms with Crippen molar-refractivity contribution in [3.63, 3.8) is 0 Å². The Morgan fingerprint density at radius 3 is 2.65 bits per heavy atom. The van der Waals surface area contributed by atoms with Gasteiger partial charge in [0.15, 0.2) is 5.65 Å². The van der Waals surface area contributed by atoms with Crippen LogP contribution in [-0.4, -0.2) is 44.4 Å². The van der Waals surface area contributed by atoms with Crippen molar-refractivity contribution >= 4 is 22.5 Å². The summed E-state index contributed by atoms with van der Waals surface area (Å²) >= 11 is 0. The van der Waals surface area contributed by atoms with Crippen molar-refractivity contribution in [1.29, 1.82) is 0 Å². The molecule has 1 N–H and O–H groups in total. The number of nitrogens with zero attached hydrogens (tertiary/aromatic N) is 5. The second-order valence-corrected chi connectivity index (χ2v) is 9.19. The highest BCUT2D eigenvalue weighted by Gasteiger charge is 2.25. The van der Waals surface area contributed by atoms with E-state index in [1.807, 2.05) is 6.07 Å². The first-order valence-corrected chi connectivity index (χ1v) is 12.0. The topological polar surface area (TPSA) is 74.5 Å². The standard InChI is InChI=1S/C27H27N5O2/c33-27-29-26(23-8-5-12-28-25(23)32(27)34)31-15-11-20-9-10-22(17-24(20)31)21-7-4-6-19(16-21)18-30-13-2-1-3-14-30/h4-10,12,16-17,34H,1-3,11,13-15,18H2. The maximum absolute atomic E-state index is 12.3. The highest BCUT2D eigenvalue weighted by atomic mass is 16.5. The zero-order valence-electron chi connectivity index (χ0n) is 19.0. The van der Waals surface area contributed by atoms with Gasteiger partial charge in [0, 0.05) is 25.0 Å². The highest BCUT2D eigenvalue weighted by molar-refractivity contribution is 5.91. The molecule has 1 saturated heterocycles. The molecule has 7 nitrogen and oxygen atoms in total. The molecule has 6 rings (SSSR count). The van der Waals surface area contributed by atoms with Crippen molar-refractivity contribution in [3.05, 3.63) is 82.4 Å². The van der Waals surface area contributed by atoms with Gasteiger partial charge in [-0.15, -0.1) is 4.73 Å². The molecule has 4 heterocycles. The Kier molecular flexibility index (Phi) is 5.26. The van der Waals surface area contributed by atoms with E-state index in [2.05, 4.69) is 62.2 Å². The van der Waals surface area contributed by atoms with Crippen LogP contribution in [0.2, 0.25) is 0 Å². The summed E-state index contributed by atoms with van der Waals surface area (Å²) in [4.78, 5) is 25.4. The van der Waals surface area contributed by atoms with E-state index in [0.29, 0.717) is 15.9 Å². The number of piperidine rings is 1. The first-order valence-electron chi connectivity index (χ1n) is 12.0. The van der Waals surface area contributed by atoms with Crippen LogP contribution in [0.25, 0.3) is 22.2 Å². The minimum absolute atomic E-state index is 0.215. The Hall–Kier alpha value is -3.71. The van der Waals surface area contributed by atoms with E-state index in [-0.39, 0.29) is 5.65 Å². The van der Waals surface area contributed by atoms with Gasteiger partial charge in [-0.2, -0.15) is 4.98 Å². The highest BCUT2D eigenvalue weighted by Crippen LogP contribution is 2.38. The largest absolute Gasteiger partial charge is 0.422 e. The molecule has 1 fully saturated rings. The average molecular weight is 454 g/mol. The lowest BCUT2D eigenvalue weighted by molar-refractivity contribution is 0.182. The third-order valence-corrected chi connectivity index (χ3v) is 6.96. The quantitative estimate of drug-likeness (QED) is 0.463. The molecule has 2 aliphatic heterocycles. The van der Waals surface area contributed by atoms with Crippen LogP contribution in [0.4, 0.5) is 11.5 Å². The maximum Gasteiger partial charge on any atom is 0.384 e. The molecular formula is C27H27N5O2. The van der Waals surface area contributed by atoms with Crippen LogP contribution in [0.15, 0.2) is 65.6 Å². The van der Waals surface area contributed by atoms with E-state index in [0.717, 1.165) is 30.8 Å². The molecule has 7 heteroatoms. The second-order valence-electron chi connectivity index (χ2n) is 9.19. The van der Waals surface area contributed by atoms with Gasteiger partial charge in [0.1, 0.15) is 5.82 Å². The molecule has 2 aromatic heterocycles. The molecule has 0 amide bonds. The Bertz CT molecular complexity index is 1420. The second kappa shape index (κ2) is 8.57. The molecule has 2 aromatic carbocycles. The number of fused-ring (bicyclic) bond motifs is 2. The van der Waals surface area contributed by atoms with Crippen LogP contribution in [0.5, 0.6) is 0 Å². The predicted octanol–water partition coefficient (Wildman–Crippen LogP) is 4.38. The van der Waals surface area contributed by atoms with Crippen LogP contribution in [0, 0.1) is 0 Å². The summed E-state index contributed by atoms with van der Waals surface area (Å²) in [5, 5.41) is 10.8. The van der Waals surface area contributed by atoms with Gasteiger partial charge < -0.3 is 10.1 Å². The summed E-state index contributed by atoms with van der Waals surface area (Å²) in [6.45, 7) is 4.08. The number of anilines is 2. The normalized spacial score (nSPS) is 16.2. The zero-order chi connectivity index (χ0) is 23.1. The predicted molar refractivity (Wildman–Crippen MR) is 133 cm³/mol. The van der Waals surface area contributed by atoms with E-state index >= 15 is 0 Å². The number of hydrogen-bond donors (Lipinski definition) is 1. The minimum Gasteiger partial charge on any atom is -0.422 e. The lowest BCUT2D eigenvalue weighted by Crippen LogP contribution is -2.29. The summed E-state index contributed by atoms with van der Waals surface area (Å²) in [5.41, 5.74) is 5.43. The van der Waals surface area contributed by atoms with Gasteiger partial charge in [0.05, 0.1) is 5.39 Å². The van der Waals surface area contributed by atoms with Crippen LogP contribution in [-0.2, 0) is 13.0 Å². The number of hydrogen-bond acceptors (Lipinski definition) is 6. The Balaban J connectivity index is 1.37. The van der Waals surface area contributed by atoms with Crippen molar-refractivity contribution in [1.82, 2.24) is 19.6 Å². The molecule has 34 heavy (non-hydrogen) atoms. The molecule has 0 saturated carbocycles. The lowest BCUT2D eigenvalue weighted by Gasteiger charge is -2.26. The fraction of sp³-hybridized carbons (Fsp3) is 0.296. The summed E-state index contributed by atoms with van der Waals surface area (Å²) < 4.78 is 0.514. The van der Waals surface area contributed by atoms with Crippen LogP contribution in [0.3, 0.4) is 0 Å². The summed E-state index contributed by atoms with van der Waals surface area (Å²) in [6.07, 6.45) is 6.36. The van der Waals surface area contributed by atoms with Crippen molar-refractivity contribution < 1.29 is 5.21 Å². The first-order chi connectivity index (χ1) is 16.7. The monoisotopic (exact) mass is 453 g/mol. The lowest BCUT2D eigenvalue weighted by atomic mass is 10.00.